The van der Waals surface area contributed by atoms with Gasteiger partial charge in [-0.2, -0.15) is 0 Å². The van der Waals surface area contributed by atoms with E-state index >= 15 is 0 Å². The van der Waals surface area contributed by atoms with Crippen molar-refractivity contribution in [3.8, 4) is 0 Å². The van der Waals surface area contributed by atoms with Crippen molar-refractivity contribution in [3.63, 3.8) is 0 Å². The highest BCUT2D eigenvalue weighted by molar-refractivity contribution is 7.93. The minimum absolute atomic E-state index is 0.175. The van der Waals surface area contributed by atoms with E-state index in [2.05, 4.69) is 0 Å². The van der Waals surface area contributed by atoms with Crippen LogP contribution in [0.1, 0.15) is 76.8 Å². The van der Waals surface area contributed by atoms with Crippen molar-refractivity contribution in [3.05, 3.63) is 107 Å². The van der Waals surface area contributed by atoms with Gasteiger partial charge in [-0.05, 0) is 87.2 Å². The highest BCUT2D eigenvalue weighted by Crippen LogP contribution is 2.43. The van der Waals surface area contributed by atoms with Gasteiger partial charge in [0.1, 0.15) is 0 Å². The third-order valence-corrected chi connectivity index (χ3v) is 11.9. The summed E-state index contributed by atoms with van der Waals surface area (Å²) in [6.07, 6.45) is 3.73. The third-order valence-electron chi connectivity index (χ3n) is 9.38. The Morgan fingerprint density at radius 2 is 1.44 bits per heavy atom. The lowest BCUT2D eigenvalue weighted by Crippen LogP contribution is -2.53. The van der Waals surface area contributed by atoms with Crippen LogP contribution in [0.4, 0.5) is 5.69 Å². The van der Waals surface area contributed by atoms with Crippen LogP contribution in [-0.4, -0.2) is 48.9 Å². The molecular formula is C37H38N2O5S. The van der Waals surface area contributed by atoms with E-state index in [1.54, 1.807) is 47.4 Å². The van der Waals surface area contributed by atoms with Gasteiger partial charge in [0, 0.05) is 35.3 Å². The van der Waals surface area contributed by atoms with Crippen LogP contribution < -0.4 is 4.90 Å². The average Bonchev–Trinajstić information content (AvgIpc) is 3.56. The molecule has 3 amide bonds. The number of carbonyl (C=O) groups excluding carboxylic acids is 3. The SMILES string of the molecule is Cc1ccc(N(CCCCCN2C(=O)c3cccc4cccc(c34)C2=O)C(=O)C2(S(=O)(=O)c3ccccc3)CCCC2)c(C)c1. The van der Waals surface area contributed by atoms with Crippen molar-refractivity contribution in [1.82, 2.24) is 4.90 Å². The number of hydrogen-bond donors (Lipinski definition) is 0. The monoisotopic (exact) mass is 622 g/mol. The molecule has 0 unspecified atom stereocenters. The van der Waals surface area contributed by atoms with Gasteiger partial charge in [0.2, 0.25) is 5.91 Å². The van der Waals surface area contributed by atoms with Crippen LogP contribution in [0.2, 0.25) is 0 Å². The Morgan fingerprint density at radius 1 is 0.800 bits per heavy atom. The van der Waals surface area contributed by atoms with Gasteiger partial charge in [-0.15, -0.1) is 0 Å². The molecule has 0 saturated heterocycles. The molecule has 0 bridgehead atoms. The largest absolute Gasteiger partial charge is 0.311 e. The van der Waals surface area contributed by atoms with Gasteiger partial charge in [0.15, 0.2) is 14.6 Å². The van der Waals surface area contributed by atoms with E-state index in [-0.39, 0.29) is 42.0 Å². The highest BCUT2D eigenvalue weighted by atomic mass is 32.2. The Labute approximate surface area is 264 Å². The lowest BCUT2D eigenvalue weighted by atomic mass is 9.94. The first kappa shape index (κ1) is 30.7. The van der Waals surface area contributed by atoms with Crippen molar-refractivity contribution < 1.29 is 22.8 Å². The van der Waals surface area contributed by atoms with Gasteiger partial charge in [0.25, 0.3) is 11.8 Å². The minimum Gasteiger partial charge on any atom is -0.311 e. The quantitative estimate of drug-likeness (QED) is 0.140. The van der Waals surface area contributed by atoms with Gasteiger partial charge in [-0.25, -0.2) is 8.42 Å². The van der Waals surface area contributed by atoms with Gasteiger partial charge >= 0.3 is 0 Å². The Kier molecular flexibility index (Phi) is 8.35. The Bertz CT molecular complexity index is 1840. The maximum Gasteiger partial charge on any atom is 0.261 e. The van der Waals surface area contributed by atoms with E-state index in [0.717, 1.165) is 16.5 Å². The molecule has 1 heterocycles. The molecule has 0 atom stereocenters. The standard InChI is InChI=1S/C37H38N2O5S/c1-26-19-20-32(27(2)25-26)38(36(42)37(21-7-8-22-37)45(43,44)29-15-5-3-6-16-29)23-9-4-10-24-39-34(40)30-17-11-13-28-14-12-18-31(33(28)30)35(39)41/h3,5-6,11-20,25H,4,7-10,21-24H2,1-2H3. The molecule has 7 nitrogen and oxygen atoms in total. The lowest BCUT2D eigenvalue weighted by Gasteiger charge is -2.35. The van der Waals surface area contributed by atoms with Gasteiger partial charge in [-0.3, -0.25) is 19.3 Å². The highest BCUT2D eigenvalue weighted by Gasteiger charge is 2.54. The second kappa shape index (κ2) is 12.2. The van der Waals surface area contributed by atoms with Crippen molar-refractivity contribution in [2.75, 3.05) is 18.0 Å². The van der Waals surface area contributed by atoms with Crippen LogP contribution >= 0.6 is 0 Å². The maximum absolute atomic E-state index is 14.6. The summed E-state index contributed by atoms with van der Waals surface area (Å²) >= 11 is 0. The number of benzene rings is 4. The van der Waals surface area contributed by atoms with E-state index in [0.29, 0.717) is 60.8 Å². The Hall–Kier alpha value is -4.30. The molecule has 8 heteroatoms. The van der Waals surface area contributed by atoms with Gasteiger partial charge in [-0.1, -0.05) is 73.0 Å². The van der Waals surface area contributed by atoms with Crippen LogP contribution in [-0.2, 0) is 14.6 Å². The zero-order valence-corrected chi connectivity index (χ0v) is 26.6. The predicted octanol–water partition coefficient (Wildman–Crippen LogP) is 7.04. The Balaban J connectivity index is 1.21. The first-order chi connectivity index (χ1) is 21.7. The topological polar surface area (TPSA) is 91.8 Å². The molecule has 1 saturated carbocycles. The molecule has 0 spiro atoms. The summed E-state index contributed by atoms with van der Waals surface area (Å²) in [5.74, 6) is -0.946. The summed E-state index contributed by atoms with van der Waals surface area (Å²) in [6.45, 7) is 4.54. The normalized spacial score (nSPS) is 15.9. The molecule has 4 aromatic rings. The summed E-state index contributed by atoms with van der Waals surface area (Å²) < 4.78 is 26.7. The van der Waals surface area contributed by atoms with Crippen LogP contribution in [0.5, 0.6) is 0 Å². The molecule has 2 aliphatic rings. The second-order valence-corrected chi connectivity index (χ2v) is 14.6. The summed E-state index contributed by atoms with van der Waals surface area (Å²) in [5.41, 5.74) is 3.76. The van der Waals surface area contributed by atoms with Crippen LogP contribution in [0.25, 0.3) is 10.8 Å². The smallest absolute Gasteiger partial charge is 0.261 e. The van der Waals surface area contributed by atoms with Crippen molar-refractivity contribution in [2.24, 2.45) is 0 Å². The summed E-state index contributed by atoms with van der Waals surface area (Å²) in [7, 11) is -3.95. The lowest BCUT2D eigenvalue weighted by molar-refractivity contribution is -0.121. The summed E-state index contributed by atoms with van der Waals surface area (Å²) in [6, 6.07) is 25.2. The fourth-order valence-electron chi connectivity index (χ4n) is 7.05. The average molecular weight is 623 g/mol. The number of imide groups is 1. The van der Waals surface area contributed by atoms with E-state index in [4.69, 9.17) is 0 Å². The number of aryl methyl sites for hydroxylation is 2. The van der Waals surface area contributed by atoms with Crippen molar-refractivity contribution in [1.29, 1.82) is 0 Å². The molecule has 45 heavy (non-hydrogen) atoms. The molecule has 1 aliphatic heterocycles. The number of sulfone groups is 1. The molecule has 0 aromatic heterocycles. The van der Waals surface area contributed by atoms with Crippen LogP contribution in [0, 0.1) is 13.8 Å². The predicted molar refractivity (Wildman–Crippen MR) is 176 cm³/mol. The van der Waals surface area contributed by atoms with E-state index in [9.17, 15) is 22.8 Å². The number of unbranched alkanes of at least 4 members (excludes halogenated alkanes) is 2. The van der Waals surface area contributed by atoms with E-state index in [1.165, 1.54) is 4.90 Å². The van der Waals surface area contributed by atoms with Crippen LogP contribution in [0.3, 0.4) is 0 Å². The summed E-state index contributed by atoms with van der Waals surface area (Å²) in [5, 5.41) is 1.58. The van der Waals surface area contributed by atoms with Gasteiger partial charge < -0.3 is 4.90 Å². The summed E-state index contributed by atoms with van der Waals surface area (Å²) in [4.78, 5) is 44.4. The third kappa shape index (κ3) is 5.35. The first-order valence-corrected chi connectivity index (χ1v) is 17.2. The zero-order valence-electron chi connectivity index (χ0n) is 25.8. The number of carbonyl (C=O) groups is 3. The molecule has 4 aromatic carbocycles. The van der Waals surface area contributed by atoms with Gasteiger partial charge in [0.05, 0.1) is 4.90 Å². The molecule has 1 fully saturated rings. The number of rotatable bonds is 10. The maximum atomic E-state index is 14.6. The number of anilines is 1. The number of nitrogens with zero attached hydrogens (tertiary/aromatic N) is 2. The molecule has 6 rings (SSSR count). The molecule has 0 radical (unpaired) electrons. The van der Waals surface area contributed by atoms with E-state index in [1.807, 2.05) is 56.3 Å². The first-order valence-electron chi connectivity index (χ1n) is 15.7. The van der Waals surface area contributed by atoms with Crippen molar-refractivity contribution >= 4 is 44.0 Å². The van der Waals surface area contributed by atoms with E-state index < -0.39 is 14.6 Å². The van der Waals surface area contributed by atoms with Crippen LogP contribution in [0.15, 0.2) is 89.8 Å². The fraction of sp³-hybridized carbons (Fsp3) is 0.324. The minimum atomic E-state index is -3.95. The molecule has 0 N–H and O–H groups in total. The second-order valence-electron chi connectivity index (χ2n) is 12.3. The Morgan fingerprint density at radius 3 is 2.07 bits per heavy atom. The number of hydrogen-bond acceptors (Lipinski definition) is 5. The molecule has 1 aliphatic carbocycles. The zero-order chi connectivity index (χ0) is 31.8. The van der Waals surface area contributed by atoms with Crippen molar-refractivity contribution in [2.45, 2.75) is 68.4 Å². The fourth-order valence-corrected chi connectivity index (χ4v) is 9.19. The molecular weight excluding hydrogens is 584 g/mol. The molecule has 232 valence electrons. The number of amides is 3.